The number of rotatable bonds is 6. The van der Waals surface area contributed by atoms with E-state index in [-0.39, 0.29) is 18.1 Å². The molecule has 0 atom stereocenters. The molecular formula is C16H16N2O3S2. The van der Waals surface area contributed by atoms with Crippen molar-refractivity contribution in [3.8, 4) is 0 Å². The molecule has 3 aromatic rings. The lowest BCUT2D eigenvalue weighted by atomic mass is 10.2. The molecular weight excluding hydrogens is 332 g/mol. The third-order valence-electron chi connectivity index (χ3n) is 3.34. The summed E-state index contributed by atoms with van der Waals surface area (Å²) in [4.78, 5) is 8.28. The molecule has 0 amide bonds. The van der Waals surface area contributed by atoms with E-state index in [1.807, 2.05) is 29.6 Å². The van der Waals surface area contributed by atoms with E-state index in [2.05, 4.69) is 9.97 Å². The van der Waals surface area contributed by atoms with Gasteiger partial charge in [-0.3, -0.25) is 0 Å². The maximum absolute atomic E-state index is 12.5. The minimum atomic E-state index is -3.31. The van der Waals surface area contributed by atoms with Crippen LogP contribution in [-0.2, 0) is 32.7 Å². The summed E-state index contributed by atoms with van der Waals surface area (Å²) in [5, 5.41) is 3.05. The fraction of sp³-hybridized carbons (Fsp3) is 0.250. The molecule has 0 bridgehead atoms. The summed E-state index contributed by atoms with van der Waals surface area (Å²) in [5.41, 5.74) is 1.33. The van der Waals surface area contributed by atoms with E-state index in [0.29, 0.717) is 11.5 Å². The Morgan fingerprint density at radius 2 is 2.04 bits per heavy atom. The van der Waals surface area contributed by atoms with Gasteiger partial charge in [-0.15, -0.1) is 11.3 Å². The standard InChI is InChI=1S/C16H16N2O3S2/c1-21-9-15-17-7-5-14(18-15)11-23(19,20)10-13-4-2-3-12-6-8-22-16(12)13/h2-8H,9-11H2,1H3. The summed E-state index contributed by atoms with van der Waals surface area (Å²) >= 11 is 1.56. The van der Waals surface area contributed by atoms with Crippen LogP contribution in [0.5, 0.6) is 0 Å². The third kappa shape index (κ3) is 3.93. The molecule has 0 unspecified atom stereocenters. The van der Waals surface area contributed by atoms with Gasteiger partial charge in [0.25, 0.3) is 0 Å². The first-order valence-electron chi connectivity index (χ1n) is 7.03. The Kier molecular flexibility index (Phi) is 4.70. The van der Waals surface area contributed by atoms with Crippen LogP contribution in [0.1, 0.15) is 17.1 Å². The summed E-state index contributed by atoms with van der Waals surface area (Å²) in [6.45, 7) is 0.266. The molecule has 1 aromatic carbocycles. The third-order valence-corrected chi connectivity index (χ3v) is 5.83. The molecule has 0 fully saturated rings. The number of benzene rings is 1. The molecule has 0 radical (unpaired) electrons. The molecule has 7 heteroatoms. The number of ether oxygens (including phenoxy) is 1. The molecule has 2 heterocycles. The molecule has 2 aromatic heterocycles. The smallest absolute Gasteiger partial charge is 0.160 e. The molecule has 3 rings (SSSR count). The van der Waals surface area contributed by atoms with Crippen LogP contribution in [0, 0.1) is 0 Å². The first kappa shape index (κ1) is 16.0. The number of nitrogens with zero attached hydrogens (tertiary/aromatic N) is 2. The van der Waals surface area contributed by atoms with Gasteiger partial charge in [0.1, 0.15) is 6.61 Å². The van der Waals surface area contributed by atoms with Crippen molar-refractivity contribution in [2.75, 3.05) is 7.11 Å². The van der Waals surface area contributed by atoms with Gasteiger partial charge in [0.15, 0.2) is 15.7 Å². The van der Waals surface area contributed by atoms with Gasteiger partial charge in [0.05, 0.1) is 17.2 Å². The molecule has 0 aliphatic carbocycles. The molecule has 0 N–H and O–H groups in total. The van der Waals surface area contributed by atoms with Crippen molar-refractivity contribution in [3.63, 3.8) is 0 Å². The number of methoxy groups -OCH3 is 1. The van der Waals surface area contributed by atoms with Crippen molar-refractivity contribution in [1.29, 1.82) is 0 Å². The highest BCUT2D eigenvalue weighted by Crippen LogP contribution is 2.26. The van der Waals surface area contributed by atoms with Crippen LogP contribution in [0.25, 0.3) is 10.1 Å². The molecule has 0 saturated carbocycles. The average molecular weight is 348 g/mol. The topological polar surface area (TPSA) is 69.2 Å². The van der Waals surface area contributed by atoms with E-state index in [1.54, 1.807) is 30.7 Å². The van der Waals surface area contributed by atoms with Gasteiger partial charge >= 0.3 is 0 Å². The Bertz CT molecular complexity index is 920. The monoisotopic (exact) mass is 348 g/mol. The largest absolute Gasteiger partial charge is 0.377 e. The van der Waals surface area contributed by atoms with E-state index in [1.165, 1.54) is 0 Å². The van der Waals surface area contributed by atoms with E-state index in [4.69, 9.17) is 4.74 Å². The van der Waals surface area contributed by atoms with Crippen molar-refractivity contribution in [1.82, 2.24) is 9.97 Å². The summed E-state index contributed by atoms with van der Waals surface area (Å²) in [6.07, 6.45) is 1.56. The number of hydrogen-bond donors (Lipinski definition) is 0. The number of sulfone groups is 1. The predicted molar refractivity (Wildman–Crippen MR) is 90.9 cm³/mol. The second kappa shape index (κ2) is 6.74. The lowest BCUT2D eigenvalue weighted by molar-refractivity contribution is 0.177. The van der Waals surface area contributed by atoms with Crippen molar-refractivity contribution in [3.05, 3.63) is 59.0 Å². The number of aromatic nitrogens is 2. The van der Waals surface area contributed by atoms with Gasteiger partial charge < -0.3 is 4.74 Å². The maximum atomic E-state index is 12.5. The Hall–Kier alpha value is -1.83. The lowest BCUT2D eigenvalue weighted by Gasteiger charge is -2.06. The van der Waals surface area contributed by atoms with Gasteiger partial charge in [-0.2, -0.15) is 0 Å². The second-order valence-corrected chi connectivity index (χ2v) is 8.17. The summed E-state index contributed by atoms with van der Waals surface area (Å²) < 4.78 is 31.0. The highest BCUT2D eigenvalue weighted by molar-refractivity contribution is 7.89. The van der Waals surface area contributed by atoms with Gasteiger partial charge in [-0.25, -0.2) is 18.4 Å². The van der Waals surface area contributed by atoms with Crippen LogP contribution in [0.4, 0.5) is 0 Å². The van der Waals surface area contributed by atoms with E-state index in [0.717, 1.165) is 15.6 Å². The van der Waals surface area contributed by atoms with Crippen LogP contribution in [0.3, 0.4) is 0 Å². The van der Waals surface area contributed by atoms with E-state index in [9.17, 15) is 8.42 Å². The predicted octanol–water partition coefficient (Wildman–Crippen LogP) is 2.95. The SMILES string of the molecule is COCc1nccc(CS(=O)(=O)Cc2cccc3ccsc23)n1. The number of thiophene rings is 1. The summed E-state index contributed by atoms with van der Waals surface area (Å²) in [7, 11) is -1.76. The molecule has 23 heavy (non-hydrogen) atoms. The van der Waals surface area contributed by atoms with Crippen molar-refractivity contribution < 1.29 is 13.2 Å². The van der Waals surface area contributed by atoms with E-state index >= 15 is 0 Å². The van der Waals surface area contributed by atoms with Crippen molar-refractivity contribution in [2.45, 2.75) is 18.1 Å². The van der Waals surface area contributed by atoms with Gasteiger partial charge in [0.2, 0.25) is 0 Å². The highest BCUT2D eigenvalue weighted by Gasteiger charge is 2.16. The van der Waals surface area contributed by atoms with Crippen LogP contribution in [0.15, 0.2) is 41.9 Å². The van der Waals surface area contributed by atoms with Gasteiger partial charge in [-0.1, -0.05) is 18.2 Å². The van der Waals surface area contributed by atoms with Crippen molar-refractivity contribution >= 4 is 31.3 Å². The van der Waals surface area contributed by atoms with Crippen LogP contribution in [-0.4, -0.2) is 25.5 Å². The highest BCUT2D eigenvalue weighted by atomic mass is 32.2. The van der Waals surface area contributed by atoms with Crippen LogP contribution >= 0.6 is 11.3 Å². The molecule has 0 saturated heterocycles. The quantitative estimate of drug-likeness (QED) is 0.685. The fourth-order valence-electron chi connectivity index (χ4n) is 2.40. The zero-order valence-electron chi connectivity index (χ0n) is 12.6. The molecule has 120 valence electrons. The van der Waals surface area contributed by atoms with Crippen LogP contribution < -0.4 is 0 Å². The normalized spacial score (nSPS) is 11.9. The second-order valence-electron chi connectivity index (χ2n) is 5.19. The Morgan fingerprint density at radius 1 is 1.17 bits per heavy atom. The Balaban J connectivity index is 1.82. The van der Waals surface area contributed by atoms with Gasteiger partial charge in [-0.05, 0) is 28.5 Å². The number of hydrogen-bond acceptors (Lipinski definition) is 6. The van der Waals surface area contributed by atoms with Crippen molar-refractivity contribution in [2.24, 2.45) is 0 Å². The summed E-state index contributed by atoms with van der Waals surface area (Å²) in [5.74, 6) is 0.392. The molecule has 0 spiro atoms. The Morgan fingerprint density at radius 3 is 2.87 bits per heavy atom. The maximum Gasteiger partial charge on any atom is 0.160 e. The Labute approximate surface area is 138 Å². The summed E-state index contributed by atoms with van der Waals surface area (Å²) in [6, 6.07) is 9.37. The van der Waals surface area contributed by atoms with Gasteiger partial charge in [0, 0.05) is 18.0 Å². The minimum Gasteiger partial charge on any atom is -0.377 e. The first-order valence-corrected chi connectivity index (χ1v) is 9.73. The molecule has 0 aliphatic rings. The minimum absolute atomic E-state index is 0.00840. The molecule has 0 aliphatic heterocycles. The fourth-order valence-corrected chi connectivity index (χ4v) is 4.84. The average Bonchev–Trinajstić information content (AvgIpc) is 2.97. The van der Waals surface area contributed by atoms with Crippen LogP contribution in [0.2, 0.25) is 0 Å². The first-order chi connectivity index (χ1) is 11.1. The lowest BCUT2D eigenvalue weighted by Crippen LogP contribution is -2.10. The zero-order chi connectivity index (χ0) is 16.3. The van der Waals surface area contributed by atoms with E-state index < -0.39 is 9.84 Å². The number of fused-ring (bicyclic) bond motifs is 1. The molecule has 5 nitrogen and oxygen atoms in total. The zero-order valence-corrected chi connectivity index (χ0v) is 14.2.